The molecule has 6 rings (SSSR count). The van der Waals surface area contributed by atoms with Gasteiger partial charge in [0.05, 0.1) is 17.3 Å². The molecule has 0 bridgehead atoms. The maximum absolute atomic E-state index is 14.3. The number of ether oxygens (including phenoxy) is 1. The van der Waals surface area contributed by atoms with Crippen molar-refractivity contribution < 1.29 is 4.74 Å². The lowest BCUT2D eigenvalue weighted by molar-refractivity contribution is 0.0193. The van der Waals surface area contributed by atoms with Gasteiger partial charge in [-0.25, -0.2) is 4.52 Å². The van der Waals surface area contributed by atoms with Crippen LogP contribution in [0, 0.1) is 11.3 Å². The topological polar surface area (TPSA) is 88.5 Å². The fourth-order valence-electron chi connectivity index (χ4n) is 7.03. The van der Waals surface area contributed by atoms with Gasteiger partial charge in [-0.2, -0.15) is 15.3 Å². The van der Waals surface area contributed by atoms with Crippen LogP contribution < -0.4 is 5.56 Å². The fraction of sp³-hybridized carbons (Fsp3) is 0.471. The summed E-state index contributed by atoms with van der Waals surface area (Å²) in [6.07, 6.45) is 10.1. The molecule has 0 radical (unpaired) electrons. The summed E-state index contributed by atoms with van der Waals surface area (Å²) in [7, 11) is 2.27. The largest absolute Gasteiger partial charge is 0.381 e. The van der Waals surface area contributed by atoms with E-state index in [-0.39, 0.29) is 11.6 Å². The molecule has 2 fully saturated rings. The third kappa shape index (κ3) is 5.51. The summed E-state index contributed by atoms with van der Waals surface area (Å²) >= 11 is 0. The Hall–Kier alpha value is -3.80. The predicted octanol–water partition coefficient (Wildman–Crippen LogP) is 5.57. The van der Waals surface area contributed by atoms with Crippen LogP contribution in [0.25, 0.3) is 16.9 Å². The maximum atomic E-state index is 14.3. The molecule has 2 aliphatic rings. The average Bonchev–Trinajstić information content (AvgIpc) is 3.53. The van der Waals surface area contributed by atoms with Crippen molar-refractivity contribution in [1.29, 1.82) is 5.26 Å². The number of fused-ring (bicyclic) bond motifs is 1. The van der Waals surface area contributed by atoms with Gasteiger partial charge in [-0.15, -0.1) is 0 Å². The van der Waals surface area contributed by atoms with Crippen LogP contribution in [0.2, 0.25) is 0 Å². The summed E-state index contributed by atoms with van der Waals surface area (Å²) in [5.41, 5.74) is 5.47. The Morgan fingerprint density at radius 2 is 1.71 bits per heavy atom. The number of hydrogen-bond acceptors (Lipinski definition) is 6. The summed E-state index contributed by atoms with van der Waals surface area (Å²) in [4.78, 5) is 21.5. The van der Waals surface area contributed by atoms with Crippen molar-refractivity contribution in [2.24, 2.45) is 0 Å². The van der Waals surface area contributed by atoms with Gasteiger partial charge in [-0.05, 0) is 74.8 Å². The first-order valence-corrected chi connectivity index (χ1v) is 15.4. The highest BCUT2D eigenvalue weighted by molar-refractivity contribution is 5.70. The number of hydrogen-bond donors (Lipinski definition) is 0. The second-order valence-corrected chi connectivity index (χ2v) is 11.8. The van der Waals surface area contributed by atoms with E-state index >= 15 is 0 Å². The molecule has 1 aliphatic heterocycles. The number of rotatable bonds is 8. The zero-order valence-electron chi connectivity index (χ0n) is 24.7. The molecule has 1 aliphatic carbocycles. The molecule has 0 unspecified atom stereocenters. The Labute approximate surface area is 247 Å². The summed E-state index contributed by atoms with van der Waals surface area (Å²) in [6, 6.07) is 19.4. The highest BCUT2D eigenvalue weighted by atomic mass is 16.5. The second-order valence-electron chi connectivity index (χ2n) is 11.8. The Kier molecular flexibility index (Phi) is 8.50. The lowest BCUT2D eigenvalue weighted by atomic mass is 9.88. The third-order valence-electron chi connectivity index (χ3n) is 9.38. The molecule has 4 aromatic rings. The molecule has 2 aromatic heterocycles. The first-order chi connectivity index (χ1) is 20.6. The third-order valence-corrected chi connectivity index (χ3v) is 9.38. The summed E-state index contributed by atoms with van der Waals surface area (Å²) < 4.78 is 9.45. The molecule has 0 amide bonds. The van der Waals surface area contributed by atoms with Crippen LogP contribution in [0.3, 0.4) is 0 Å². The quantitative estimate of drug-likeness (QED) is 0.278. The van der Waals surface area contributed by atoms with Crippen LogP contribution in [-0.4, -0.2) is 56.4 Å². The Balaban J connectivity index is 1.29. The van der Waals surface area contributed by atoms with Crippen molar-refractivity contribution in [2.75, 3.05) is 20.3 Å². The average molecular weight is 565 g/mol. The van der Waals surface area contributed by atoms with Crippen molar-refractivity contribution in [2.45, 2.75) is 82.8 Å². The van der Waals surface area contributed by atoms with Gasteiger partial charge in [-0.1, -0.05) is 55.8 Å². The summed E-state index contributed by atoms with van der Waals surface area (Å²) in [6.45, 7) is 3.84. The molecular formula is C34H40N6O2. The first kappa shape index (κ1) is 28.3. The van der Waals surface area contributed by atoms with E-state index in [2.05, 4.69) is 47.2 Å². The van der Waals surface area contributed by atoms with Crippen LogP contribution in [0.15, 0.2) is 59.7 Å². The van der Waals surface area contributed by atoms with Crippen LogP contribution in [0.5, 0.6) is 0 Å². The van der Waals surface area contributed by atoms with Crippen LogP contribution >= 0.6 is 0 Å². The van der Waals surface area contributed by atoms with Crippen LogP contribution in [-0.2, 0) is 17.6 Å². The number of aromatic nitrogens is 4. The van der Waals surface area contributed by atoms with Gasteiger partial charge in [-0.3, -0.25) is 9.36 Å². The Morgan fingerprint density at radius 1 is 1.00 bits per heavy atom. The van der Waals surface area contributed by atoms with E-state index in [0.29, 0.717) is 29.8 Å². The molecule has 0 spiro atoms. The molecule has 218 valence electrons. The number of aryl methyl sites for hydroxylation is 1. The second kappa shape index (κ2) is 12.6. The molecule has 8 heteroatoms. The van der Waals surface area contributed by atoms with E-state index in [1.165, 1.54) is 0 Å². The molecule has 0 atom stereocenters. The van der Waals surface area contributed by atoms with Crippen molar-refractivity contribution in [3.05, 3.63) is 87.6 Å². The van der Waals surface area contributed by atoms with Gasteiger partial charge < -0.3 is 9.64 Å². The normalized spacial score (nSPS) is 19.8. The number of nitrogens with zero attached hydrogens (tertiary/aromatic N) is 6. The maximum Gasteiger partial charge on any atom is 0.259 e. The molecule has 1 saturated heterocycles. The minimum atomic E-state index is 0.0686. The number of benzene rings is 2. The molecule has 0 N–H and O–H groups in total. The van der Waals surface area contributed by atoms with E-state index in [9.17, 15) is 10.1 Å². The van der Waals surface area contributed by atoms with E-state index in [1.807, 2.05) is 45.5 Å². The highest BCUT2D eigenvalue weighted by Gasteiger charge is 2.32. The molecule has 1 saturated carbocycles. The minimum absolute atomic E-state index is 0.0686. The SMILES string of the molecule is CCCc1c(Cc2ccc(-c3ccccc3C#N)cc2)c(=O)n(C2CCC(N(C)C3CCOCC3)CC2)c2ncnn12. The van der Waals surface area contributed by atoms with Gasteiger partial charge in [0, 0.05) is 43.3 Å². The Morgan fingerprint density at radius 3 is 2.43 bits per heavy atom. The smallest absolute Gasteiger partial charge is 0.259 e. The van der Waals surface area contributed by atoms with Crippen molar-refractivity contribution in [3.63, 3.8) is 0 Å². The monoisotopic (exact) mass is 564 g/mol. The van der Waals surface area contributed by atoms with Gasteiger partial charge in [0.2, 0.25) is 5.78 Å². The first-order valence-electron chi connectivity index (χ1n) is 15.4. The van der Waals surface area contributed by atoms with Crippen molar-refractivity contribution in [3.8, 4) is 17.2 Å². The van der Waals surface area contributed by atoms with Crippen molar-refractivity contribution in [1.82, 2.24) is 24.1 Å². The van der Waals surface area contributed by atoms with Gasteiger partial charge in [0.25, 0.3) is 5.56 Å². The lowest BCUT2D eigenvalue weighted by Gasteiger charge is -2.40. The molecular weight excluding hydrogens is 524 g/mol. The predicted molar refractivity (Wildman–Crippen MR) is 164 cm³/mol. The van der Waals surface area contributed by atoms with E-state index < -0.39 is 0 Å². The minimum Gasteiger partial charge on any atom is -0.381 e. The van der Waals surface area contributed by atoms with Crippen molar-refractivity contribution >= 4 is 5.78 Å². The molecule has 3 heterocycles. The Bertz CT molecular complexity index is 1620. The summed E-state index contributed by atoms with van der Waals surface area (Å²) in [5.74, 6) is 0.664. The van der Waals surface area contributed by atoms with Crippen LogP contribution in [0.1, 0.15) is 80.3 Å². The highest BCUT2D eigenvalue weighted by Crippen LogP contribution is 2.33. The van der Waals surface area contributed by atoms with Gasteiger partial charge in [0.1, 0.15) is 6.33 Å². The molecule has 2 aromatic carbocycles. The zero-order valence-corrected chi connectivity index (χ0v) is 24.7. The molecule has 42 heavy (non-hydrogen) atoms. The van der Waals surface area contributed by atoms with Gasteiger partial charge >= 0.3 is 0 Å². The van der Waals surface area contributed by atoms with Gasteiger partial charge in [0.15, 0.2) is 0 Å². The lowest BCUT2D eigenvalue weighted by Crippen LogP contribution is -2.45. The molecule has 8 nitrogen and oxygen atoms in total. The summed E-state index contributed by atoms with van der Waals surface area (Å²) in [5, 5.41) is 14.1. The van der Waals surface area contributed by atoms with E-state index in [1.54, 1.807) is 6.33 Å². The van der Waals surface area contributed by atoms with E-state index in [0.717, 1.165) is 92.5 Å². The fourth-order valence-corrected chi connectivity index (χ4v) is 7.03. The zero-order chi connectivity index (χ0) is 29.1. The number of nitriles is 1. The van der Waals surface area contributed by atoms with Crippen LogP contribution in [0.4, 0.5) is 0 Å². The standard InChI is InChI=1S/C34H40N6O2/c1-3-6-32-31(21-24-9-11-25(12-10-24)30-8-5-4-7-26(30)22-35)33(41)39(34-36-23-37-40(32)34)29-15-13-27(14-16-29)38(2)28-17-19-42-20-18-28/h4-5,7-12,23,27-29H,3,6,13-21H2,1-2H3. The van der Waals surface area contributed by atoms with E-state index in [4.69, 9.17) is 4.74 Å².